The molecule has 0 saturated carbocycles. The van der Waals surface area contributed by atoms with Gasteiger partial charge in [-0.2, -0.15) is 5.26 Å². The lowest BCUT2D eigenvalue weighted by Crippen LogP contribution is -2.04. The minimum Gasteiger partial charge on any atom is -0.294 e. The van der Waals surface area contributed by atoms with Gasteiger partial charge >= 0.3 is 0 Å². The minimum atomic E-state index is 0.0281. The number of Topliss-reactive ketones (excluding diaryl/α,β-unsaturated/α-hetero) is 1. The molecule has 2 aromatic rings. The molecular weight excluding hydrogens is 246 g/mol. The number of nitrogens with zero attached hydrogens (tertiary/aromatic N) is 1. The summed E-state index contributed by atoms with van der Waals surface area (Å²) >= 11 is 0. The van der Waals surface area contributed by atoms with Crippen LogP contribution in [0.4, 0.5) is 0 Å². The van der Waals surface area contributed by atoms with Crippen molar-refractivity contribution in [3.8, 4) is 6.07 Å². The molecule has 2 rings (SSSR count). The molecule has 0 N–H and O–H groups in total. The number of carbonyl (C=O) groups is 1. The Morgan fingerprint density at radius 1 is 1.10 bits per heavy atom. The third-order valence-electron chi connectivity index (χ3n) is 3.56. The average Bonchev–Trinajstić information content (AvgIpc) is 2.48. The van der Waals surface area contributed by atoms with E-state index in [0.717, 1.165) is 5.56 Å². The topological polar surface area (TPSA) is 40.9 Å². The van der Waals surface area contributed by atoms with Crippen molar-refractivity contribution in [3.63, 3.8) is 0 Å². The lowest BCUT2D eigenvalue weighted by molar-refractivity contribution is 0.0982. The van der Waals surface area contributed by atoms with Crippen molar-refractivity contribution in [2.24, 2.45) is 0 Å². The largest absolute Gasteiger partial charge is 0.294 e. The highest BCUT2D eigenvalue weighted by atomic mass is 16.1. The standard InChI is InChI=1S/C18H17NO/c1-13-7-8-15(11-14(13)2)9-10-18(20)17-6-4-3-5-16(17)12-19/h3-8,11H,9-10H2,1-2H3. The molecule has 0 aliphatic carbocycles. The molecule has 2 heteroatoms. The molecule has 0 fully saturated rings. The van der Waals surface area contributed by atoms with Gasteiger partial charge < -0.3 is 0 Å². The zero-order chi connectivity index (χ0) is 14.5. The van der Waals surface area contributed by atoms with Gasteiger partial charge in [0.15, 0.2) is 5.78 Å². The molecule has 20 heavy (non-hydrogen) atoms. The summed E-state index contributed by atoms with van der Waals surface area (Å²) in [4.78, 5) is 12.2. The van der Waals surface area contributed by atoms with Gasteiger partial charge in [-0.05, 0) is 43.0 Å². The van der Waals surface area contributed by atoms with E-state index >= 15 is 0 Å². The van der Waals surface area contributed by atoms with Gasteiger partial charge in [-0.1, -0.05) is 36.4 Å². The second kappa shape index (κ2) is 6.16. The normalized spacial score (nSPS) is 10.1. The van der Waals surface area contributed by atoms with Crippen LogP contribution in [0.25, 0.3) is 0 Å². The number of hydrogen-bond acceptors (Lipinski definition) is 2. The third kappa shape index (κ3) is 3.13. The maximum absolute atomic E-state index is 12.2. The summed E-state index contributed by atoms with van der Waals surface area (Å²) in [7, 11) is 0. The van der Waals surface area contributed by atoms with Crippen LogP contribution in [0.15, 0.2) is 42.5 Å². The Bertz CT molecular complexity index is 680. The first kappa shape index (κ1) is 14.0. The van der Waals surface area contributed by atoms with Gasteiger partial charge in [0.2, 0.25) is 0 Å². The molecule has 0 radical (unpaired) electrons. The first-order chi connectivity index (χ1) is 9.61. The fraction of sp³-hybridized carbons (Fsp3) is 0.222. The molecule has 0 aliphatic rings. The quantitative estimate of drug-likeness (QED) is 0.782. The fourth-order valence-corrected chi connectivity index (χ4v) is 2.18. The average molecular weight is 263 g/mol. The van der Waals surface area contributed by atoms with Gasteiger partial charge in [-0.25, -0.2) is 0 Å². The van der Waals surface area contributed by atoms with E-state index in [0.29, 0.717) is 24.0 Å². The van der Waals surface area contributed by atoms with E-state index in [1.165, 1.54) is 11.1 Å². The molecule has 0 aliphatic heterocycles. The molecule has 2 aromatic carbocycles. The zero-order valence-corrected chi connectivity index (χ0v) is 11.8. The molecule has 0 heterocycles. The van der Waals surface area contributed by atoms with E-state index in [1.807, 2.05) is 0 Å². The maximum Gasteiger partial charge on any atom is 0.164 e. The second-order valence-electron chi connectivity index (χ2n) is 5.00. The Hall–Kier alpha value is -2.40. The summed E-state index contributed by atoms with van der Waals surface area (Å²) < 4.78 is 0. The first-order valence-corrected chi connectivity index (χ1v) is 6.70. The Morgan fingerprint density at radius 3 is 2.55 bits per heavy atom. The second-order valence-corrected chi connectivity index (χ2v) is 5.00. The number of aryl methyl sites for hydroxylation is 3. The third-order valence-corrected chi connectivity index (χ3v) is 3.56. The van der Waals surface area contributed by atoms with Crippen LogP contribution in [-0.2, 0) is 6.42 Å². The Labute approximate surface area is 119 Å². The Kier molecular flexibility index (Phi) is 4.32. The highest BCUT2D eigenvalue weighted by Gasteiger charge is 2.10. The number of carbonyl (C=O) groups excluding carboxylic acids is 1. The lowest BCUT2D eigenvalue weighted by atomic mass is 9.97. The van der Waals surface area contributed by atoms with Crippen molar-refractivity contribution in [1.82, 2.24) is 0 Å². The highest BCUT2D eigenvalue weighted by Crippen LogP contribution is 2.15. The van der Waals surface area contributed by atoms with Crippen LogP contribution in [0.2, 0.25) is 0 Å². The number of benzene rings is 2. The Morgan fingerprint density at radius 2 is 1.85 bits per heavy atom. The smallest absolute Gasteiger partial charge is 0.164 e. The number of nitriles is 1. The molecule has 0 aromatic heterocycles. The summed E-state index contributed by atoms with van der Waals surface area (Å²) in [6, 6.07) is 15.3. The number of rotatable bonds is 4. The van der Waals surface area contributed by atoms with Crippen LogP contribution < -0.4 is 0 Å². The molecule has 0 unspecified atom stereocenters. The van der Waals surface area contributed by atoms with Crippen molar-refractivity contribution in [3.05, 3.63) is 70.3 Å². The van der Waals surface area contributed by atoms with Gasteiger partial charge in [0.05, 0.1) is 11.6 Å². The Balaban J connectivity index is 2.09. The number of ketones is 1. The SMILES string of the molecule is Cc1ccc(CCC(=O)c2ccccc2C#N)cc1C. The van der Waals surface area contributed by atoms with E-state index in [-0.39, 0.29) is 5.78 Å². The van der Waals surface area contributed by atoms with Crippen LogP contribution in [0, 0.1) is 25.2 Å². The van der Waals surface area contributed by atoms with E-state index in [1.54, 1.807) is 24.3 Å². The van der Waals surface area contributed by atoms with E-state index < -0.39 is 0 Å². The molecule has 0 atom stereocenters. The molecule has 0 amide bonds. The molecule has 100 valence electrons. The summed E-state index contributed by atoms with van der Waals surface area (Å²) in [6.45, 7) is 4.15. The van der Waals surface area contributed by atoms with E-state index in [9.17, 15) is 4.79 Å². The van der Waals surface area contributed by atoms with Crippen molar-refractivity contribution in [2.45, 2.75) is 26.7 Å². The van der Waals surface area contributed by atoms with Crippen molar-refractivity contribution >= 4 is 5.78 Å². The monoisotopic (exact) mass is 263 g/mol. The summed E-state index contributed by atoms with van der Waals surface area (Å²) in [5, 5.41) is 9.02. The summed E-state index contributed by atoms with van der Waals surface area (Å²) in [5.74, 6) is 0.0281. The van der Waals surface area contributed by atoms with Gasteiger partial charge in [0.1, 0.15) is 0 Å². The summed E-state index contributed by atoms with van der Waals surface area (Å²) in [5.41, 5.74) is 4.65. The van der Waals surface area contributed by atoms with Crippen LogP contribution in [-0.4, -0.2) is 5.78 Å². The first-order valence-electron chi connectivity index (χ1n) is 6.70. The zero-order valence-electron chi connectivity index (χ0n) is 11.8. The van der Waals surface area contributed by atoms with E-state index in [2.05, 4.69) is 38.1 Å². The predicted octanol–water partition coefficient (Wildman–Crippen LogP) is 3.99. The van der Waals surface area contributed by atoms with Crippen LogP contribution in [0.3, 0.4) is 0 Å². The van der Waals surface area contributed by atoms with Crippen LogP contribution in [0.5, 0.6) is 0 Å². The summed E-state index contributed by atoms with van der Waals surface area (Å²) in [6.07, 6.45) is 1.14. The number of hydrogen-bond donors (Lipinski definition) is 0. The fourth-order valence-electron chi connectivity index (χ4n) is 2.18. The molecular formula is C18H17NO. The molecule has 0 saturated heterocycles. The predicted molar refractivity (Wildman–Crippen MR) is 79.7 cm³/mol. The van der Waals surface area contributed by atoms with E-state index in [4.69, 9.17) is 5.26 Å². The van der Waals surface area contributed by atoms with Gasteiger partial charge in [0, 0.05) is 12.0 Å². The molecule has 2 nitrogen and oxygen atoms in total. The van der Waals surface area contributed by atoms with Crippen LogP contribution in [0.1, 0.15) is 39.0 Å². The lowest BCUT2D eigenvalue weighted by Gasteiger charge is -2.06. The minimum absolute atomic E-state index is 0.0281. The highest BCUT2D eigenvalue weighted by molar-refractivity contribution is 5.98. The van der Waals surface area contributed by atoms with Crippen LogP contribution >= 0.6 is 0 Å². The van der Waals surface area contributed by atoms with Gasteiger partial charge in [-0.15, -0.1) is 0 Å². The molecule has 0 spiro atoms. The molecule has 0 bridgehead atoms. The maximum atomic E-state index is 12.2. The van der Waals surface area contributed by atoms with Gasteiger partial charge in [0.25, 0.3) is 0 Å². The van der Waals surface area contributed by atoms with Gasteiger partial charge in [-0.3, -0.25) is 4.79 Å². The van der Waals surface area contributed by atoms with Crippen molar-refractivity contribution in [2.75, 3.05) is 0 Å². The van der Waals surface area contributed by atoms with Crippen molar-refractivity contribution < 1.29 is 4.79 Å². The van der Waals surface area contributed by atoms with Crippen molar-refractivity contribution in [1.29, 1.82) is 5.26 Å².